The second-order valence-corrected chi connectivity index (χ2v) is 2.86. The van der Waals surface area contributed by atoms with Crippen LogP contribution in [0.5, 0.6) is 0 Å². The Bertz CT molecular complexity index is 199. The second kappa shape index (κ2) is 5.21. The number of ether oxygens (including phenoxy) is 1. The quantitative estimate of drug-likeness (QED) is 0.641. The van der Waals surface area contributed by atoms with Crippen molar-refractivity contribution in [3.05, 3.63) is 0 Å². The van der Waals surface area contributed by atoms with E-state index in [9.17, 15) is 13.6 Å². The van der Waals surface area contributed by atoms with E-state index >= 15 is 0 Å². The van der Waals surface area contributed by atoms with Crippen molar-refractivity contribution in [1.82, 2.24) is 0 Å². The van der Waals surface area contributed by atoms with Crippen LogP contribution in [-0.2, 0) is 9.53 Å². The van der Waals surface area contributed by atoms with Crippen LogP contribution in [0.2, 0.25) is 0 Å². The third-order valence-electron chi connectivity index (χ3n) is 1.80. The summed E-state index contributed by atoms with van der Waals surface area (Å²) < 4.78 is 30.2. The Kier molecular flexibility index (Phi) is 4.93. The molecule has 2 atom stereocenters. The van der Waals surface area contributed by atoms with Gasteiger partial charge in [0.05, 0.1) is 6.61 Å². The highest BCUT2D eigenvalue weighted by molar-refractivity contribution is 5.78. The van der Waals surface area contributed by atoms with Crippen LogP contribution < -0.4 is 5.73 Å². The zero-order chi connectivity index (χ0) is 11.4. The zero-order valence-electron chi connectivity index (χ0n) is 8.17. The predicted molar refractivity (Wildman–Crippen MR) is 45.9 cm³/mol. The molecule has 0 bridgehead atoms. The van der Waals surface area contributed by atoms with E-state index in [1.165, 1.54) is 13.8 Å². The Hall–Kier alpha value is -0.750. The fourth-order valence-corrected chi connectivity index (χ4v) is 0.840. The summed E-state index contributed by atoms with van der Waals surface area (Å²) >= 11 is 0. The van der Waals surface area contributed by atoms with Crippen molar-refractivity contribution < 1.29 is 23.4 Å². The summed E-state index contributed by atoms with van der Waals surface area (Å²) in [5.74, 6) is -5.68. The van der Waals surface area contributed by atoms with Crippen LogP contribution in [0.1, 0.15) is 20.3 Å². The van der Waals surface area contributed by atoms with Gasteiger partial charge in [-0.15, -0.1) is 0 Å². The highest BCUT2D eigenvalue weighted by atomic mass is 19.3. The van der Waals surface area contributed by atoms with Crippen molar-refractivity contribution in [1.29, 1.82) is 0 Å². The molecule has 14 heavy (non-hydrogen) atoms. The molecule has 0 aromatic heterocycles. The molecule has 4 nitrogen and oxygen atoms in total. The van der Waals surface area contributed by atoms with Crippen LogP contribution in [0.25, 0.3) is 0 Å². The van der Waals surface area contributed by atoms with Gasteiger partial charge >= 0.3 is 11.9 Å². The number of aliphatic hydroxyl groups excluding tert-OH is 1. The Balaban J connectivity index is 4.50. The fraction of sp³-hybridized carbons (Fsp3) is 0.875. The number of hydrogen-bond acceptors (Lipinski definition) is 4. The molecular formula is C8H15F2NO3. The van der Waals surface area contributed by atoms with Crippen molar-refractivity contribution in [3.63, 3.8) is 0 Å². The summed E-state index contributed by atoms with van der Waals surface area (Å²) in [7, 11) is 0. The zero-order valence-corrected chi connectivity index (χ0v) is 8.17. The highest BCUT2D eigenvalue weighted by Crippen LogP contribution is 2.23. The SMILES string of the molecule is CCOC(=O)C(F)(F)C(O)C(N)CC. The number of aliphatic hydroxyl groups is 1. The normalized spacial score (nSPS) is 16.1. The Morgan fingerprint density at radius 2 is 2.07 bits per heavy atom. The Labute approximate surface area is 81.0 Å². The first kappa shape index (κ1) is 13.2. The summed E-state index contributed by atoms with van der Waals surface area (Å²) in [4.78, 5) is 10.7. The Morgan fingerprint density at radius 1 is 1.57 bits per heavy atom. The number of rotatable bonds is 5. The number of alkyl halides is 2. The molecule has 0 rings (SSSR count). The predicted octanol–water partition coefficient (Wildman–Crippen LogP) is 0.283. The first-order valence-corrected chi connectivity index (χ1v) is 4.36. The lowest BCUT2D eigenvalue weighted by Gasteiger charge is -2.24. The summed E-state index contributed by atoms with van der Waals surface area (Å²) in [6.45, 7) is 2.78. The monoisotopic (exact) mass is 211 g/mol. The van der Waals surface area contributed by atoms with Gasteiger partial charge in [-0.3, -0.25) is 0 Å². The fourth-order valence-electron chi connectivity index (χ4n) is 0.840. The van der Waals surface area contributed by atoms with Crippen molar-refractivity contribution in [2.75, 3.05) is 6.61 Å². The first-order valence-electron chi connectivity index (χ1n) is 4.36. The van der Waals surface area contributed by atoms with Crippen molar-refractivity contribution in [2.45, 2.75) is 38.3 Å². The van der Waals surface area contributed by atoms with E-state index in [2.05, 4.69) is 4.74 Å². The van der Waals surface area contributed by atoms with Gasteiger partial charge in [0.25, 0.3) is 0 Å². The molecule has 0 radical (unpaired) electrons. The summed E-state index contributed by atoms with van der Waals surface area (Å²) in [5.41, 5.74) is 5.20. The molecule has 0 aliphatic rings. The molecular weight excluding hydrogens is 196 g/mol. The van der Waals surface area contributed by atoms with Gasteiger partial charge in [0.1, 0.15) is 6.10 Å². The van der Waals surface area contributed by atoms with Crippen LogP contribution in [0.15, 0.2) is 0 Å². The van der Waals surface area contributed by atoms with Gasteiger partial charge in [-0.2, -0.15) is 8.78 Å². The maximum atomic E-state index is 13.0. The van der Waals surface area contributed by atoms with E-state index in [0.29, 0.717) is 0 Å². The van der Waals surface area contributed by atoms with Gasteiger partial charge in [0, 0.05) is 6.04 Å². The molecule has 0 heterocycles. The van der Waals surface area contributed by atoms with E-state index in [0.717, 1.165) is 0 Å². The lowest BCUT2D eigenvalue weighted by Crippen LogP contribution is -2.52. The third kappa shape index (κ3) is 2.88. The van der Waals surface area contributed by atoms with E-state index in [-0.39, 0.29) is 13.0 Å². The summed E-state index contributed by atoms with van der Waals surface area (Å²) in [6, 6.07) is -1.14. The minimum Gasteiger partial charge on any atom is -0.461 e. The van der Waals surface area contributed by atoms with Gasteiger partial charge in [0.15, 0.2) is 0 Å². The number of hydrogen-bond donors (Lipinski definition) is 2. The maximum absolute atomic E-state index is 13.0. The lowest BCUT2D eigenvalue weighted by molar-refractivity contribution is -0.190. The van der Waals surface area contributed by atoms with Crippen LogP contribution in [0, 0.1) is 0 Å². The topological polar surface area (TPSA) is 72.5 Å². The number of carbonyl (C=O) groups excluding carboxylic acids is 1. The molecule has 0 amide bonds. The van der Waals surface area contributed by atoms with Gasteiger partial charge in [-0.1, -0.05) is 6.92 Å². The molecule has 2 unspecified atom stereocenters. The molecule has 6 heteroatoms. The van der Waals surface area contributed by atoms with E-state index in [1.54, 1.807) is 0 Å². The maximum Gasteiger partial charge on any atom is 0.379 e. The number of halogens is 2. The second-order valence-electron chi connectivity index (χ2n) is 2.86. The molecule has 0 aromatic rings. The average Bonchev–Trinajstić information content (AvgIpc) is 2.15. The summed E-state index contributed by atoms with van der Waals surface area (Å²) in [5, 5.41) is 9.07. The molecule has 0 saturated carbocycles. The van der Waals surface area contributed by atoms with Crippen molar-refractivity contribution in [3.8, 4) is 0 Å². The highest BCUT2D eigenvalue weighted by Gasteiger charge is 2.50. The van der Waals surface area contributed by atoms with Gasteiger partial charge in [-0.05, 0) is 13.3 Å². The van der Waals surface area contributed by atoms with E-state index < -0.39 is 24.0 Å². The third-order valence-corrected chi connectivity index (χ3v) is 1.80. The minimum atomic E-state index is -3.94. The van der Waals surface area contributed by atoms with Gasteiger partial charge < -0.3 is 15.6 Å². The molecule has 0 aliphatic carbocycles. The van der Waals surface area contributed by atoms with Crippen LogP contribution in [0.4, 0.5) is 8.78 Å². The minimum absolute atomic E-state index is 0.149. The summed E-state index contributed by atoms with van der Waals surface area (Å²) in [6.07, 6.45) is -2.05. The number of carbonyl (C=O) groups is 1. The van der Waals surface area contributed by atoms with Crippen molar-refractivity contribution >= 4 is 5.97 Å². The van der Waals surface area contributed by atoms with Gasteiger partial charge in [0.2, 0.25) is 0 Å². The lowest BCUT2D eigenvalue weighted by atomic mass is 10.0. The molecule has 0 saturated heterocycles. The smallest absolute Gasteiger partial charge is 0.379 e. The molecule has 0 aliphatic heterocycles. The standard InChI is InChI=1S/C8H15F2NO3/c1-3-5(11)6(12)8(9,10)7(13)14-4-2/h5-6,12H,3-4,11H2,1-2H3. The van der Waals surface area contributed by atoms with E-state index in [4.69, 9.17) is 10.8 Å². The van der Waals surface area contributed by atoms with Crippen LogP contribution in [-0.4, -0.2) is 35.8 Å². The molecule has 0 spiro atoms. The molecule has 0 aromatic carbocycles. The van der Waals surface area contributed by atoms with Crippen LogP contribution >= 0.6 is 0 Å². The number of esters is 1. The van der Waals surface area contributed by atoms with Crippen LogP contribution in [0.3, 0.4) is 0 Å². The largest absolute Gasteiger partial charge is 0.461 e. The average molecular weight is 211 g/mol. The molecule has 3 N–H and O–H groups in total. The molecule has 84 valence electrons. The first-order chi connectivity index (χ1) is 6.37. The van der Waals surface area contributed by atoms with Crippen molar-refractivity contribution in [2.24, 2.45) is 5.73 Å². The Morgan fingerprint density at radius 3 is 2.43 bits per heavy atom. The number of nitrogens with two attached hydrogens (primary N) is 1. The van der Waals surface area contributed by atoms with Gasteiger partial charge in [-0.25, -0.2) is 4.79 Å². The molecule has 0 fully saturated rings. The van der Waals surface area contributed by atoms with E-state index in [1.807, 2.05) is 0 Å².